The molecule has 1 saturated heterocycles. The van der Waals surface area contributed by atoms with Crippen LogP contribution in [0.4, 0.5) is 0 Å². The lowest BCUT2D eigenvalue weighted by Gasteiger charge is -2.05. The zero-order valence-corrected chi connectivity index (χ0v) is 10.3. The van der Waals surface area contributed by atoms with Crippen LogP contribution in [0.3, 0.4) is 0 Å². The van der Waals surface area contributed by atoms with Gasteiger partial charge in [0.1, 0.15) is 12.7 Å². The van der Waals surface area contributed by atoms with Gasteiger partial charge in [0.05, 0.1) is 13.2 Å². The third-order valence-corrected chi connectivity index (χ3v) is 2.27. The Morgan fingerprint density at radius 2 is 2.00 bits per heavy atom. The number of nitrogens with zero attached hydrogens (tertiary/aromatic N) is 3. The minimum atomic E-state index is 0.0678. The van der Waals surface area contributed by atoms with Gasteiger partial charge in [-0.3, -0.25) is 0 Å². The second-order valence-electron chi connectivity index (χ2n) is 3.64. The van der Waals surface area contributed by atoms with E-state index in [4.69, 9.17) is 25.8 Å². The zero-order chi connectivity index (χ0) is 12.1. The van der Waals surface area contributed by atoms with E-state index in [0.717, 1.165) is 19.4 Å². The van der Waals surface area contributed by atoms with Gasteiger partial charge in [-0.05, 0) is 18.0 Å². The molecule has 0 aromatic carbocycles. The summed E-state index contributed by atoms with van der Waals surface area (Å²) in [5.41, 5.74) is 0. The Bertz CT molecular complexity index is 374. The Labute approximate surface area is 104 Å². The molecule has 1 atom stereocenters. The average molecular weight is 260 g/mol. The molecule has 1 aliphatic rings. The molecule has 2 rings (SSSR count). The van der Waals surface area contributed by atoms with Gasteiger partial charge in [-0.2, -0.15) is 9.97 Å². The summed E-state index contributed by atoms with van der Waals surface area (Å²) in [6, 6.07) is 0.372. The van der Waals surface area contributed by atoms with Crippen LogP contribution in [0.5, 0.6) is 12.0 Å². The summed E-state index contributed by atoms with van der Waals surface area (Å²) in [5.74, 6) is 0. The number of hydrogen-bond donors (Lipinski definition) is 0. The van der Waals surface area contributed by atoms with Crippen LogP contribution in [0.1, 0.15) is 19.8 Å². The Morgan fingerprint density at radius 1 is 1.29 bits per heavy atom. The van der Waals surface area contributed by atoms with Crippen molar-refractivity contribution in [2.24, 2.45) is 0 Å². The first-order chi connectivity index (χ1) is 8.28. The maximum atomic E-state index is 5.74. The molecule has 7 heteroatoms. The van der Waals surface area contributed by atoms with Crippen LogP contribution in [-0.4, -0.2) is 40.9 Å². The number of rotatable bonds is 7. The first-order valence-electron chi connectivity index (χ1n) is 5.56. The molecule has 0 bridgehead atoms. The van der Waals surface area contributed by atoms with Gasteiger partial charge in [-0.1, -0.05) is 13.3 Å². The molecule has 0 radical (unpaired) electrons. The van der Waals surface area contributed by atoms with Gasteiger partial charge < -0.3 is 14.2 Å². The Morgan fingerprint density at radius 3 is 2.65 bits per heavy atom. The van der Waals surface area contributed by atoms with Crippen molar-refractivity contribution >= 4 is 11.6 Å². The summed E-state index contributed by atoms with van der Waals surface area (Å²) in [4.78, 5) is 11.7. The largest absolute Gasteiger partial charge is 0.463 e. The smallest absolute Gasteiger partial charge is 0.324 e. The molecule has 1 unspecified atom stereocenters. The maximum Gasteiger partial charge on any atom is 0.324 e. The predicted molar refractivity (Wildman–Crippen MR) is 60.5 cm³/mol. The van der Waals surface area contributed by atoms with E-state index in [1.165, 1.54) is 0 Å². The first-order valence-corrected chi connectivity index (χ1v) is 5.94. The topological polar surface area (TPSA) is 69.7 Å². The zero-order valence-electron chi connectivity index (χ0n) is 9.56. The van der Waals surface area contributed by atoms with Gasteiger partial charge in [-0.15, -0.1) is 4.98 Å². The average Bonchev–Trinajstić information content (AvgIpc) is 3.10. The van der Waals surface area contributed by atoms with Crippen molar-refractivity contribution in [3.05, 3.63) is 5.28 Å². The van der Waals surface area contributed by atoms with Crippen molar-refractivity contribution in [1.82, 2.24) is 15.0 Å². The van der Waals surface area contributed by atoms with E-state index in [-0.39, 0.29) is 23.4 Å². The second kappa shape index (κ2) is 5.97. The molecule has 2 heterocycles. The maximum absolute atomic E-state index is 5.74. The normalized spacial score (nSPS) is 17.9. The lowest BCUT2D eigenvalue weighted by molar-refractivity contribution is 0.234. The van der Waals surface area contributed by atoms with Gasteiger partial charge >= 0.3 is 12.0 Å². The third-order valence-electron chi connectivity index (χ3n) is 2.10. The van der Waals surface area contributed by atoms with Crippen LogP contribution in [0.25, 0.3) is 0 Å². The van der Waals surface area contributed by atoms with Gasteiger partial charge in [0.15, 0.2) is 0 Å². The SMILES string of the molecule is CCCCOc1nc(Cl)nc(OCC2CO2)n1. The van der Waals surface area contributed by atoms with E-state index in [2.05, 4.69) is 21.9 Å². The van der Waals surface area contributed by atoms with E-state index in [1.54, 1.807) is 0 Å². The summed E-state index contributed by atoms with van der Waals surface area (Å²) in [6.07, 6.45) is 2.13. The minimum Gasteiger partial charge on any atom is -0.463 e. The van der Waals surface area contributed by atoms with Gasteiger partial charge in [0, 0.05) is 0 Å². The molecule has 1 aliphatic heterocycles. The molecule has 0 spiro atoms. The van der Waals surface area contributed by atoms with Crippen molar-refractivity contribution in [3.8, 4) is 12.0 Å². The summed E-state index contributed by atoms with van der Waals surface area (Å²) < 4.78 is 15.6. The van der Waals surface area contributed by atoms with Crippen LogP contribution in [0.2, 0.25) is 5.28 Å². The van der Waals surface area contributed by atoms with E-state index < -0.39 is 0 Å². The number of halogens is 1. The molecular weight excluding hydrogens is 246 g/mol. The summed E-state index contributed by atoms with van der Waals surface area (Å²) >= 11 is 5.74. The van der Waals surface area contributed by atoms with Crippen molar-refractivity contribution in [3.63, 3.8) is 0 Å². The lowest BCUT2D eigenvalue weighted by Crippen LogP contribution is -2.09. The van der Waals surface area contributed by atoms with Crippen LogP contribution >= 0.6 is 11.6 Å². The molecule has 1 fully saturated rings. The molecule has 0 aliphatic carbocycles. The van der Waals surface area contributed by atoms with Crippen molar-refractivity contribution in [2.45, 2.75) is 25.9 Å². The van der Waals surface area contributed by atoms with Crippen molar-refractivity contribution < 1.29 is 14.2 Å². The molecule has 94 valence electrons. The van der Waals surface area contributed by atoms with Gasteiger partial charge in [-0.25, -0.2) is 0 Å². The number of aromatic nitrogens is 3. The van der Waals surface area contributed by atoms with Gasteiger partial charge in [0.2, 0.25) is 5.28 Å². The Hall–Kier alpha value is -1.14. The van der Waals surface area contributed by atoms with Crippen LogP contribution in [0, 0.1) is 0 Å². The second-order valence-corrected chi connectivity index (χ2v) is 3.98. The molecule has 1 aromatic rings. The fourth-order valence-electron chi connectivity index (χ4n) is 1.08. The molecule has 6 nitrogen and oxygen atoms in total. The highest BCUT2D eigenvalue weighted by atomic mass is 35.5. The number of epoxide rings is 1. The first kappa shape index (κ1) is 12.3. The van der Waals surface area contributed by atoms with E-state index >= 15 is 0 Å². The highest BCUT2D eigenvalue weighted by Crippen LogP contribution is 2.15. The minimum absolute atomic E-state index is 0.0678. The van der Waals surface area contributed by atoms with E-state index in [0.29, 0.717) is 13.2 Å². The molecule has 1 aromatic heterocycles. The lowest BCUT2D eigenvalue weighted by atomic mass is 10.4. The van der Waals surface area contributed by atoms with Gasteiger partial charge in [0.25, 0.3) is 0 Å². The van der Waals surface area contributed by atoms with Crippen LogP contribution < -0.4 is 9.47 Å². The highest BCUT2D eigenvalue weighted by molar-refractivity contribution is 6.28. The van der Waals surface area contributed by atoms with Crippen molar-refractivity contribution in [1.29, 1.82) is 0 Å². The number of hydrogen-bond acceptors (Lipinski definition) is 6. The third kappa shape index (κ3) is 4.32. The predicted octanol–water partition coefficient (Wildman–Crippen LogP) is 1.48. The molecule has 0 amide bonds. The molecule has 0 N–H and O–H groups in total. The summed E-state index contributed by atoms with van der Waals surface area (Å²) in [7, 11) is 0. The van der Waals surface area contributed by atoms with Crippen LogP contribution in [0.15, 0.2) is 0 Å². The molecule has 0 saturated carbocycles. The standard InChI is InChI=1S/C10H14ClN3O3/c1-2-3-4-15-9-12-8(11)13-10(14-9)17-6-7-5-16-7/h7H,2-6H2,1H3. The summed E-state index contributed by atoms with van der Waals surface area (Å²) in [6.45, 7) is 3.78. The molecular formula is C10H14ClN3O3. The monoisotopic (exact) mass is 259 g/mol. The number of unbranched alkanes of at least 4 members (excludes halogenated alkanes) is 1. The fourth-order valence-corrected chi connectivity index (χ4v) is 1.23. The quantitative estimate of drug-likeness (QED) is 0.546. The van der Waals surface area contributed by atoms with E-state index in [1.807, 2.05) is 0 Å². The number of ether oxygens (including phenoxy) is 3. The van der Waals surface area contributed by atoms with Crippen LogP contribution in [-0.2, 0) is 4.74 Å². The van der Waals surface area contributed by atoms with Crippen molar-refractivity contribution in [2.75, 3.05) is 19.8 Å². The Balaban J connectivity index is 1.90. The fraction of sp³-hybridized carbons (Fsp3) is 0.700. The highest BCUT2D eigenvalue weighted by Gasteiger charge is 2.23. The Kier molecular flexibility index (Phi) is 4.33. The summed E-state index contributed by atoms with van der Waals surface area (Å²) in [5, 5.41) is 0.0678. The molecule has 17 heavy (non-hydrogen) atoms. The van der Waals surface area contributed by atoms with E-state index in [9.17, 15) is 0 Å².